The molecule has 1 heterocycles. The summed E-state index contributed by atoms with van der Waals surface area (Å²) in [5.41, 5.74) is 7.34. The first-order valence-electron chi connectivity index (χ1n) is 6.34. The van der Waals surface area contributed by atoms with E-state index in [9.17, 15) is 0 Å². The van der Waals surface area contributed by atoms with Crippen molar-refractivity contribution in [2.75, 3.05) is 0 Å². The average molecular weight is 244 g/mol. The van der Waals surface area contributed by atoms with Crippen LogP contribution in [0.5, 0.6) is 0 Å². The van der Waals surface area contributed by atoms with Gasteiger partial charge in [-0.1, -0.05) is 44.2 Å². The molecule has 0 spiro atoms. The molecule has 1 unspecified atom stereocenters. The van der Waals surface area contributed by atoms with Gasteiger partial charge in [0.25, 0.3) is 0 Å². The molecule has 0 aliphatic rings. The summed E-state index contributed by atoms with van der Waals surface area (Å²) in [7, 11) is 0. The van der Waals surface area contributed by atoms with Crippen LogP contribution in [-0.4, -0.2) is 14.8 Å². The smallest absolute Gasteiger partial charge is 0.138 e. The molecule has 2 aromatic rings. The maximum atomic E-state index is 6.20. The van der Waals surface area contributed by atoms with Crippen LogP contribution < -0.4 is 5.73 Å². The second kappa shape index (κ2) is 5.78. The molecule has 18 heavy (non-hydrogen) atoms. The highest BCUT2D eigenvalue weighted by molar-refractivity contribution is 5.19. The number of benzene rings is 1. The van der Waals surface area contributed by atoms with Crippen molar-refractivity contribution in [1.29, 1.82) is 0 Å². The average Bonchev–Trinajstić information content (AvgIpc) is 2.77. The Balaban J connectivity index is 2.08. The van der Waals surface area contributed by atoms with Crippen LogP contribution in [0.15, 0.2) is 36.7 Å². The second-order valence-electron chi connectivity index (χ2n) is 4.97. The van der Waals surface area contributed by atoms with Crippen LogP contribution in [0.2, 0.25) is 0 Å². The van der Waals surface area contributed by atoms with Crippen LogP contribution in [-0.2, 0) is 13.0 Å². The zero-order chi connectivity index (χ0) is 13.0. The van der Waals surface area contributed by atoms with Crippen molar-refractivity contribution in [3.63, 3.8) is 0 Å². The molecule has 0 aliphatic heterocycles. The van der Waals surface area contributed by atoms with Crippen LogP contribution in [0.1, 0.15) is 31.3 Å². The fourth-order valence-corrected chi connectivity index (χ4v) is 1.96. The monoisotopic (exact) mass is 244 g/mol. The molecule has 1 atom stereocenters. The highest BCUT2D eigenvalue weighted by Crippen LogP contribution is 2.14. The van der Waals surface area contributed by atoms with Crippen LogP contribution in [0.3, 0.4) is 0 Å². The summed E-state index contributed by atoms with van der Waals surface area (Å²) >= 11 is 0. The largest absolute Gasteiger partial charge is 0.324 e. The molecule has 4 heteroatoms. The lowest BCUT2D eigenvalue weighted by Gasteiger charge is -2.13. The summed E-state index contributed by atoms with van der Waals surface area (Å²) in [6.45, 7) is 5.22. The zero-order valence-corrected chi connectivity index (χ0v) is 11.0. The first-order chi connectivity index (χ1) is 8.66. The lowest BCUT2D eigenvalue weighted by atomic mass is 10.0. The Morgan fingerprint density at radius 2 is 1.94 bits per heavy atom. The van der Waals surface area contributed by atoms with Gasteiger partial charge in [-0.3, -0.25) is 0 Å². The van der Waals surface area contributed by atoms with Gasteiger partial charge in [0.15, 0.2) is 0 Å². The van der Waals surface area contributed by atoms with E-state index in [2.05, 4.69) is 23.9 Å². The minimum Gasteiger partial charge on any atom is -0.324 e. The van der Waals surface area contributed by atoms with Gasteiger partial charge < -0.3 is 5.73 Å². The first-order valence-corrected chi connectivity index (χ1v) is 6.34. The highest BCUT2D eigenvalue weighted by Gasteiger charge is 2.12. The van der Waals surface area contributed by atoms with Gasteiger partial charge in [-0.25, -0.2) is 9.67 Å². The van der Waals surface area contributed by atoms with Crippen LogP contribution >= 0.6 is 0 Å². The molecule has 0 fully saturated rings. The Morgan fingerprint density at radius 1 is 1.22 bits per heavy atom. The van der Waals surface area contributed by atoms with Gasteiger partial charge in [-0.05, 0) is 11.5 Å². The van der Waals surface area contributed by atoms with E-state index in [-0.39, 0.29) is 6.04 Å². The summed E-state index contributed by atoms with van der Waals surface area (Å²) in [6.07, 6.45) is 2.33. The summed E-state index contributed by atoms with van der Waals surface area (Å²) in [5.74, 6) is 1.51. The molecule has 4 nitrogen and oxygen atoms in total. The van der Waals surface area contributed by atoms with E-state index >= 15 is 0 Å². The highest BCUT2D eigenvalue weighted by atomic mass is 15.3. The summed E-state index contributed by atoms with van der Waals surface area (Å²) in [5, 5.41) is 4.25. The third-order valence-electron chi connectivity index (χ3n) is 2.86. The quantitative estimate of drug-likeness (QED) is 0.877. The van der Waals surface area contributed by atoms with Crippen molar-refractivity contribution in [3.05, 3.63) is 48.0 Å². The molecule has 1 aromatic heterocycles. The van der Waals surface area contributed by atoms with E-state index in [1.165, 1.54) is 0 Å². The van der Waals surface area contributed by atoms with E-state index in [1.807, 2.05) is 35.0 Å². The first kappa shape index (κ1) is 12.8. The van der Waals surface area contributed by atoms with Gasteiger partial charge in [-0.2, -0.15) is 5.10 Å². The molecule has 0 saturated carbocycles. The van der Waals surface area contributed by atoms with Crippen molar-refractivity contribution in [3.8, 4) is 0 Å². The fraction of sp³-hybridized carbons (Fsp3) is 0.429. The summed E-state index contributed by atoms with van der Waals surface area (Å²) < 4.78 is 1.95. The normalized spacial score (nSPS) is 12.9. The molecule has 2 N–H and O–H groups in total. The molecule has 0 amide bonds. The minimum absolute atomic E-state index is 0.0266. The second-order valence-corrected chi connectivity index (χ2v) is 4.97. The third-order valence-corrected chi connectivity index (χ3v) is 2.86. The lowest BCUT2D eigenvalue weighted by molar-refractivity contribution is 0.459. The topological polar surface area (TPSA) is 56.7 Å². The number of nitrogens with zero attached hydrogens (tertiary/aromatic N) is 3. The summed E-state index contributed by atoms with van der Waals surface area (Å²) in [6, 6.07) is 10.1. The predicted molar refractivity (Wildman–Crippen MR) is 71.9 cm³/mol. The number of hydrogen-bond acceptors (Lipinski definition) is 3. The maximum absolute atomic E-state index is 6.20. The molecular formula is C14H20N4. The van der Waals surface area contributed by atoms with Gasteiger partial charge in [0.05, 0.1) is 0 Å². The Morgan fingerprint density at radius 3 is 2.61 bits per heavy atom. The van der Waals surface area contributed by atoms with Crippen molar-refractivity contribution < 1.29 is 0 Å². The van der Waals surface area contributed by atoms with Crippen molar-refractivity contribution in [1.82, 2.24) is 14.8 Å². The number of hydrogen-bond donors (Lipinski definition) is 1. The number of rotatable bonds is 5. The molecule has 0 radical (unpaired) electrons. The maximum Gasteiger partial charge on any atom is 0.138 e. The Labute approximate surface area is 108 Å². The Kier molecular flexibility index (Phi) is 4.10. The van der Waals surface area contributed by atoms with Crippen molar-refractivity contribution in [2.24, 2.45) is 11.7 Å². The minimum atomic E-state index is -0.0266. The molecule has 1 aromatic carbocycles. The van der Waals surface area contributed by atoms with Gasteiger partial charge in [-0.15, -0.1) is 0 Å². The van der Waals surface area contributed by atoms with E-state index in [0.717, 1.165) is 24.4 Å². The molecule has 0 aliphatic carbocycles. The molecule has 96 valence electrons. The van der Waals surface area contributed by atoms with Gasteiger partial charge in [0, 0.05) is 19.0 Å². The van der Waals surface area contributed by atoms with Crippen LogP contribution in [0.4, 0.5) is 0 Å². The SMILES string of the molecule is CC(C)Cn1ncnc1CC(N)c1ccccc1. The number of aromatic nitrogens is 3. The summed E-state index contributed by atoms with van der Waals surface area (Å²) in [4.78, 5) is 4.31. The Bertz CT molecular complexity index is 476. The Hall–Kier alpha value is -1.68. The van der Waals surface area contributed by atoms with E-state index < -0.39 is 0 Å². The van der Waals surface area contributed by atoms with Gasteiger partial charge in [0.1, 0.15) is 12.2 Å². The third kappa shape index (κ3) is 3.17. The van der Waals surface area contributed by atoms with E-state index in [0.29, 0.717) is 5.92 Å². The van der Waals surface area contributed by atoms with Gasteiger partial charge in [0.2, 0.25) is 0 Å². The van der Waals surface area contributed by atoms with Crippen LogP contribution in [0.25, 0.3) is 0 Å². The molecular weight excluding hydrogens is 224 g/mol. The standard InChI is InChI=1S/C14H20N4/c1-11(2)9-18-14(16-10-17-18)8-13(15)12-6-4-3-5-7-12/h3-7,10-11,13H,8-9,15H2,1-2H3. The van der Waals surface area contributed by atoms with E-state index in [4.69, 9.17) is 5.73 Å². The van der Waals surface area contributed by atoms with Crippen molar-refractivity contribution in [2.45, 2.75) is 32.9 Å². The van der Waals surface area contributed by atoms with Crippen LogP contribution in [0, 0.1) is 5.92 Å². The van der Waals surface area contributed by atoms with Crippen molar-refractivity contribution >= 4 is 0 Å². The fourth-order valence-electron chi connectivity index (χ4n) is 1.96. The zero-order valence-electron chi connectivity index (χ0n) is 11.0. The van der Waals surface area contributed by atoms with Gasteiger partial charge >= 0.3 is 0 Å². The predicted octanol–water partition coefficient (Wildman–Crippen LogP) is 2.18. The molecule has 0 bridgehead atoms. The lowest BCUT2D eigenvalue weighted by Crippen LogP contribution is -2.18. The molecule has 2 rings (SSSR count). The number of nitrogens with two attached hydrogens (primary N) is 1. The van der Waals surface area contributed by atoms with E-state index in [1.54, 1.807) is 6.33 Å². The molecule has 0 saturated heterocycles.